The standard InChI is InChI=1S/C16H20O8/c1-22-10-5-2-9(3-6-10)4-7-12(17)23-8-11-13(18)14(19)15(20)16(21)24-11/h2-7,11,13-16,18-21H,8H2,1H3/b7-4+/t11-,13-,14+,15-,16-/m1/s1. The molecule has 4 N–H and O–H groups in total. The summed E-state index contributed by atoms with van der Waals surface area (Å²) >= 11 is 0. The van der Waals surface area contributed by atoms with Gasteiger partial charge in [-0.15, -0.1) is 0 Å². The first-order valence-corrected chi connectivity index (χ1v) is 7.29. The Labute approximate surface area is 138 Å². The van der Waals surface area contributed by atoms with Gasteiger partial charge in [0.1, 0.15) is 36.8 Å². The molecule has 132 valence electrons. The van der Waals surface area contributed by atoms with Crippen molar-refractivity contribution >= 4 is 12.0 Å². The summed E-state index contributed by atoms with van der Waals surface area (Å²) < 4.78 is 14.8. The number of hydrogen-bond donors (Lipinski definition) is 4. The molecule has 8 heteroatoms. The summed E-state index contributed by atoms with van der Waals surface area (Å²) in [5.74, 6) is 0.00850. The van der Waals surface area contributed by atoms with Gasteiger partial charge in [-0.05, 0) is 23.8 Å². The molecule has 0 amide bonds. The molecule has 0 bridgehead atoms. The van der Waals surface area contributed by atoms with Crippen molar-refractivity contribution in [1.82, 2.24) is 0 Å². The van der Waals surface area contributed by atoms with E-state index in [0.29, 0.717) is 5.75 Å². The van der Waals surface area contributed by atoms with Crippen molar-refractivity contribution in [3.8, 4) is 5.75 Å². The first kappa shape index (κ1) is 18.4. The Balaban J connectivity index is 1.85. The largest absolute Gasteiger partial charge is 0.497 e. The van der Waals surface area contributed by atoms with Crippen molar-refractivity contribution in [3.05, 3.63) is 35.9 Å². The molecule has 8 nitrogen and oxygen atoms in total. The molecule has 0 spiro atoms. The van der Waals surface area contributed by atoms with Gasteiger partial charge in [0.2, 0.25) is 0 Å². The molecule has 0 saturated carbocycles. The second kappa shape index (κ2) is 8.22. The number of methoxy groups -OCH3 is 1. The van der Waals surface area contributed by atoms with Crippen LogP contribution < -0.4 is 4.74 Å². The van der Waals surface area contributed by atoms with E-state index in [4.69, 9.17) is 14.2 Å². The summed E-state index contributed by atoms with van der Waals surface area (Å²) in [4.78, 5) is 11.7. The fraction of sp³-hybridized carbons (Fsp3) is 0.438. The highest BCUT2D eigenvalue weighted by atomic mass is 16.6. The molecule has 0 radical (unpaired) electrons. The van der Waals surface area contributed by atoms with Crippen LogP contribution in [-0.4, -0.2) is 70.8 Å². The minimum absolute atomic E-state index is 0.381. The topological polar surface area (TPSA) is 126 Å². The van der Waals surface area contributed by atoms with Crippen LogP contribution in [0.1, 0.15) is 5.56 Å². The van der Waals surface area contributed by atoms with E-state index < -0.39 is 36.7 Å². The van der Waals surface area contributed by atoms with Crippen molar-refractivity contribution in [3.63, 3.8) is 0 Å². The number of rotatable bonds is 5. The predicted octanol–water partition coefficient (Wildman–Crippen LogP) is -0.949. The maximum atomic E-state index is 11.7. The van der Waals surface area contributed by atoms with Crippen molar-refractivity contribution in [2.24, 2.45) is 0 Å². The van der Waals surface area contributed by atoms with E-state index in [1.807, 2.05) is 0 Å². The number of ether oxygens (including phenoxy) is 3. The molecule has 1 aliphatic heterocycles. The number of esters is 1. The lowest BCUT2D eigenvalue weighted by Gasteiger charge is -2.37. The number of hydrogen-bond acceptors (Lipinski definition) is 8. The van der Waals surface area contributed by atoms with Crippen molar-refractivity contribution in [2.45, 2.75) is 30.7 Å². The number of carbonyl (C=O) groups is 1. The average Bonchev–Trinajstić information content (AvgIpc) is 2.60. The quantitative estimate of drug-likeness (QED) is 0.399. The summed E-state index contributed by atoms with van der Waals surface area (Å²) in [7, 11) is 1.55. The van der Waals surface area contributed by atoms with Crippen LogP contribution in [0.15, 0.2) is 30.3 Å². The summed E-state index contributed by atoms with van der Waals surface area (Å²) in [6.07, 6.45) is -4.78. The van der Waals surface area contributed by atoms with Crippen LogP contribution in [0.4, 0.5) is 0 Å². The molecule has 24 heavy (non-hydrogen) atoms. The Hall–Kier alpha value is -1.97. The third-order valence-corrected chi connectivity index (χ3v) is 3.60. The van der Waals surface area contributed by atoms with Gasteiger partial charge >= 0.3 is 5.97 Å². The Morgan fingerprint density at radius 1 is 1.12 bits per heavy atom. The second-order valence-electron chi connectivity index (χ2n) is 5.27. The molecule has 1 fully saturated rings. The van der Waals surface area contributed by atoms with E-state index in [-0.39, 0.29) is 6.61 Å². The molecule has 1 aliphatic rings. The highest BCUT2D eigenvalue weighted by molar-refractivity contribution is 5.87. The molecule has 5 atom stereocenters. The zero-order chi connectivity index (χ0) is 17.7. The van der Waals surface area contributed by atoms with Gasteiger partial charge in [-0.25, -0.2) is 4.79 Å². The molecule has 1 heterocycles. The van der Waals surface area contributed by atoms with Gasteiger partial charge in [-0.1, -0.05) is 12.1 Å². The Morgan fingerprint density at radius 2 is 1.79 bits per heavy atom. The fourth-order valence-corrected chi connectivity index (χ4v) is 2.16. The normalized spacial score (nSPS) is 30.3. The van der Waals surface area contributed by atoms with E-state index >= 15 is 0 Å². The maximum Gasteiger partial charge on any atom is 0.330 e. The van der Waals surface area contributed by atoms with Gasteiger partial charge in [0, 0.05) is 6.08 Å². The van der Waals surface area contributed by atoms with Crippen LogP contribution >= 0.6 is 0 Å². The van der Waals surface area contributed by atoms with Crippen molar-refractivity contribution < 1.29 is 39.4 Å². The summed E-state index contributed by atoms with van der Waals surface area (Å²) in [5, 5.41) is 38.0. The van der Waals surface area contributed by atoms with Crippen LogP contribution in [0.25, 0.3) is 6.08 Å². The SMILES string of the molecule is COc1ccc(/C=C/C(=O)OC[C@H]2O[C@@H](O)[C@H](O)[C@@H](O)[C@@H]2O)cc1. The Bertz CT molecular complexity index is 570. The van der Waals surface area contributed by atoms with Crippen LogP contribution in [0.2, 0.25) is 0 Å². The van der Waals surface area contributed by atoms with Gasteiger partial charge in [0.25, 0.3) is 0 Å². The lowest BCUT2D eigenvalue weighted by atomic mass is 9.99. The van der Waals surface area contributed by atoms with Crippen LogP contribution in [0.5, 0.6) is 5.75 Å². The molecule has 0 aromatic heterocycles. The van der Waals surface area contributed by atoms with Gasteiger partial charge in [-0.3, -0.25) is 0 Å². The molecule has 1 aromatic rings. The van der Waals surface area contributed by atoms with Gasteiger partial charge in [0.05, 0.1) is 7.11 Å². The monoisotopic (exact) mass is 340 g/mol. The Kier molecular flexibility index (Phi) is 6.29. The predicted molar refractivity (Wildman–Crippen MR) is 81.9 cm³/mol. The van der Waals surface area contributed by atoms with Crippen molar-refractivity contribution in [1.29, 1.82) is 0 Å². The summed E-state index contributed by atoms with van der Waals surface area (Å²) in [6.45, 7) is -0.381. The molecule has 2 rings (SSSR count). The summed E-state index contributed by atoms with van der Waals surface area (Å²) in [5.41, 5.74) is 0.760. The lowest BCUT2D eigenvalue weighted by molar-refractivity contribution is -0.287. The van der Waals surface area contributed by atoms with E-state index in [1.165, 1.54) is 12.2 Å². The van der Waals surface area contributed by atoms with E-state index in [1.54, 1.807) is 31.4 Å². The highest BCUT2D eigenvalue weighted by Crippen LogP contribution is 2.20. The van der Waals surface area contributed by atoms with E-state index in [2.05, 4.69) is 0 Å². The number of aliphatic hydroxyl groups is 4. The lowest BCUT2D eigenvalue weighted by Crippen LogP contribution is -2.58. The molecule has 1 aromatic carbocycles. The molecule has 1 saturated heterocycles. The van der Waals surface area contributed by atoms with Crippen LogP contribution in [0, 0.1) is 0 Å². The first-order chi connectivity index (χ1) is 11.4. The zero-order valence-electron chi connectivity index (χ0n) is 13.0. The Morgan fingerprint density at radius 3 is 2.42 bits per heavy atom. The number of aliphatic hydroxyl groups excluding tert-OH is 4. The minimum Gasteiger partial charge on any atom is -0.497 e. The third-order valence-electron chi connectivity index (χ3n) is 3.60. The maximum absolute atomic E-state index is 11.7. The minimum atomic E-state index is -1.66. The molecular formula is C16H20O8. The van der Waals surface area contributed by atoms with Gasteiger partial charge < -0.3 is 34.6 Å². The highest BCUT2D eigenvalue weighted by Gasteiger charge is 2.43. The number of carbonyl (C=O) groups excluding carboxylic acids is 1. The third kappa shape index (κ3) is 4.53. The first-order valence-electron chi connectivity index (χ1n) is 7.29. The van der Waals surface area contributed by atoms with E-state index in [9.17, 15) is 25.2 Å². The van der Waals surface area contributed by atoms with Gasteiger partial charge in [-0.2, -0.15) is 0 Å². The second-order valence-corrected chi connectivity index (χ2v) is 5.27. The summed E-state index contributed by atoms with van der Waals surface area (Å²) in [6, 6.07) is 6.99. The molecular weight excluding hydrogens is 320 g/mol. The molecule has 0 unspecified atom stereocenters. The van der Waals surface area contributed by atoms with Crippen LogP contribution in [-0.2, 0) is 14.3 Å². The van der Waals surface area contributed by atoms with Crippen LogP contribution in [0.3, 0.4) is 0 Å². The van der Waals surface area contributed by atoms with Crippen molar-refractivity contribution in [2.75, 3.05) is 13.7 Å². The average molecular weight is 340 g/mol. The molecule has 0 aliphatic carbocycles. The van der Waals surface area contributed by atoms with E-state index in [0.717, 1.165) is 5.56 Å². The fourth-order valence-electron chi connectivity index (χ4n) is 2.16. The van der Waals surface area contributed by atoms with Gasteiger partial charge in [0.15, 0.2) is 6.29 Å². The zero-order valence-corrected chi connectivity index (χ0v) is 13.0. The smallest absolute Gasteiger partial charge is 0.330 e. The number of benzene rings is 1.